The van der Waals surface area contributed by atoms with Crippen LogP contribution < -0.4 is 0 Å². The Morgan fingerprint density at radius 2 is 2.15 bits per heavy atom. The monoisotopic (exact) mass is 178 g/mol. The summed E-state index contributed by atoms with van der Waals surface area (Å²) in [5, 5.41) is 17.9. The van der Waals surface area contributed by atoms with Crippen LogP contribution in [0.4, 0.5) is 0 Å². The van der Waals surface area contributed by atoms with E-state index in [9.17, 15) is 4.79 Å². The van der Waals surface area contributed by atoms with E-state index in [2.05, 4.69) is 0 Å². The predicted octanol–water partition coefficient (Wildman–Crippen LogP) is 1.23. The van der Waals surface area contributed by atoms with Crippen molar-refractivity contribution in [2.24, 2.45) is 0 Å². The number of benzene rings is 1. The van der Waals surface area contributed by atoms with Gasteiger partial charge in [-0.2, -0.15) is 0 Å². The van der Waals surface area contributed by atoms with E-state index in [-0.39, 0.29) is 17.6 Å². The first-order valence-corrected chi connectivity index (χ1v) is 4.20. The lowest BCUT2D eigenvalue weighted by atomic mass is 10.1. The summed E-state index contributed by atoms with van der Waals surface area (Å²) >= 11 is 0. The van der Waals surface area contributed by atoms with Gasteiger partial charge in [0, 0.05) is 5.92 Å². The molecule has 0 aromatic heterocycles. The van der Waals surface area contributed by atoms with Gasteiger partial charge in [-0.25, -0.2) is 4.79 Å². The third kappa shape index (κ3) is 1.55. The number of hydrogen-bond acceptors (Lipinski definition) is 2. The van der Waals surface area contributed by atoms with Gasteiger partial charge in [-0.1, -0.05) is 12.1 Å². The van der Waals surface area contributed by atoms with Crippen molar-refractivity contribution in [3.8, 4) is 0 Å². The maximum absolute atomic E-state index is 10.6. The zero-order valence-electron chi connectivity index (χ0n) is 6.97. The van der Waals surface area contributed by atoms with Crippen LogP contribution in [0.15, 0.2) is 24.3 Å². The summed E-state index contributed by atoms with van der Waals surface area (Å²) in [6.45, 7) is 0. The number of hydrogen-bond donors (Lipinski definition) is 2. The largest absolute Gasteiger partial charge is 0.478 e. The zero-order chi connectivity index (χ0) is 9.42. The first-order chi connectivity index (χ1) is 6.18. The minimum atomic E-state index is -0.919. The average Bonchev–Trinajstić information content (AvgIpc) is 2.83. The van der Waals surface area contributed by atoms with Crippen molar-refractivity contribution in [3.63, 3.8) is 0 Å². The standard InChI is InChI=1S/C10H10O3/c11-9-5-8(9)6-2-1-3-7(4-6)10(12)13/h1-4,8-9,11H,5H2,(H,12,13). The van der Waals surface area contributed by atoms with Gasteiger partial charge < -0.3 is 10.2 Å². The van der Waals surface area contributed by atoms with Crippen LogP contribution in [0, 0.1) is 0 Å². The molecule has 0 bridgehead atoms. The van der Waals surface area contributed by atoms with E-state index >= 15 is 0 Å². The molecule has 1 aliphatic rings. The van der Waals surface area contributed by atoms with Gasteiger partial charge in [-0.3, -0.25) is 0 Å². The molecule has 1 aromatic carbocycles. The zero-order valence-corrected chi connectivity index (χ0v) is 6.97. The molecule has 3 nitrogen and oxygen atoms in total. The molecule has 0 radical (unpaired) electrons. The molecule has 0 aliphatic heterocycles. The Labute approximate surface area is 75.6 Å². The summed E-state index contributed by atoms with van der Waals surface area (Å²) in [6, 6.07) is 6.75. The lowest BCUT2D eigenvalue weighted by Gasteiger charge is -1.99. The molecule has 0 saturated heterocycles. The second kappa shape index (κ2) is 2.85. The van der Waals surface area contributed by atoms with Crippen LogP contribution >= 0.6 is 0 Å². The lowest BCUT2D eigenvalue weighted by Crippen LogP contribution is -1.97. The first kappa shape index (κ1) is 8.26. The number of carboxylic acid groups (broad SMARTS) is 1. The number of aliphatic hydroxyl groups is 1. The molecule has 2 unspecified atom stereocenters. The first-order valence-electron chi connectivity index (χ1n) is 4.20. The summed E-state index contributed by atoms with van der Waals surface area (Å²) < 4.78 is 0. The highest BCUT2D eigenvalue weighted by atomic mass is 16.4. The number of aromatic carboxylic acids is 1. The fourth-order valence-electron chi connectivity index (χ4n) is 1.44. The van der Waals surface area contributed by atoms with Gasteiger partial charge in [0.05, 0.1) is 11.7 Å². The summed E-state index contributed by atoms with van der Waals surface area (Å²) in [6.07, 6.45) is 0.479. The smallest absolute Gasteiger partial charge is 0.335 e. The molecule has 2 N–H and O–H groups in total. The minimum absolute atomic E-state index is 0.152. The van der Waals surface area contributed by atoms with Gasteiger partial charge in [0.2, 0.25) is 0 Å². The second-order valence-corrected chi connectivity index (χ2v) is 3.34. The molecule has 1 saturated carbocycles. The van der Waals surface area contributed by atoms with E-state index in [0.29, 0.717) is 0 Å². The number of rotatable bonds is 2. The fraction of sp³-hybridized carbons (Fsp3) is 0.300. The quantitative estimate of drug-likeness (QED) is 0.716. The molecule has 0 spiro atoms. The van der Waals surface area contributed by atoms with Crippen molar-refractivity contribution in [1.29, 1.82) is 0 Å². The molecule has 2 atom stereocenters. The molecule has 13 heavy (non-hydrogen) atoms. The maximum atomic E-state index is 10.6. The van der Waals surface area contributed by atoms with Crippen molar-refractivity contribution < 1.29 is 15.0 Å². The number of carboxylic acids is 1. The van der Waals surface area contributed by atoms with Gasteiger partial charge in [-0.05, 0) is 24.1 Å². The Morgan fingerprint density at radius 1 is 1.46 bits per heavy atom. The molecule has 3 heteroatoms. The molecule has 1 aromatic rings. The van der Waals surface area contributed by atoms with E-state index < -0.39 is 5.97 Å². The third-order valence-electron chi connectivity index (χ3n) is 2.32. The molecule has 1 aliphatic carbocycles. The minimum Gasteiger partial charge on any atom is -0.478 e. The van der Waals surface area contributed by atoms with E-state index in [1.165, 1.54) is 0 Å². The Bertz CT molecular complexity index is 346. The van der Waals surface area contributed by atoms with Crippen molar-refractivity contribution in [3.05, 3.63) is 35.4 Å². The van der Waals surface area contributed by atoms with E-state index in [1.54, 1.807) is 18.2 Å². The number of carbonyl (C=O) groups is 1. The van der Waals surface area contributed by atoms with Crippen molar-refractivity contribution in [2.45, 2.75) is 18.4 Å². The van der Waals surface area contributed by atoms with Crippen molar-refractivity contribution >= 4 is 5.97 Å². The molecule has 0 heterocycles. The topological polar surface area (TPSA) is 57.5 Å². The maximum Gasteiger partial charge on any atom is 0.335 e. The Balaban J connectivity index is 2.28. The third-order valence-corrected chi connectivity index (χ3v) is 2.32. The van der Waals surface area contributed by atoms with Crippen LogP contribution in [0.1, 0.15) is 28.3 Å². The highest BCUT2D eigenvalue weighted by Crippen LogP contribution is 2.40. The molecule has 2 rings (SSSR count). The Morgan fingerprint density at radius 3 is 2.69 bits per heavy atom. The summed E-state index contributed by atoms with van der Waals surface area (Å²) in [7, 11) is 0. The average molecular weight is 178 g/mol. The SMILES string of the molecule is O=C(O)c1cccc(C2CC2O)c1. The summed E-state index contributed by atoms with van der Waals surface area (Å²) in [5.74, 6) is -0.767. The van der Waals surface area contributed by atoms with E-state index in [1.807, 2.05) is 6.07 Å². The molecular formula is C10H10O3. The van der Waals surface area contributed by atoms with Crippen LogP contribution in [0.5, 0.6) is 0 Å². The molecular weight excluding hydrogens is 168 g/mol. The van der Waals surface area contributed by atoms with E-state index in [4.69, 9.17) is 10.2 Å². The van der Waals surface area contributed by atoms with Gasteiger partial charge in [0.1, 0.15) is 0 Å². The lowest BCUT2D eigenvalue weighted by molar-refractivity contribution is 0.0696. The number of aliphatic hydroxyl groups excluding tert-OH is 1. The predicted molar refractivity (Wildman–Crippen MR) is 46.8 cm³/mol. The molecule has 68 valence electrons. The van der Waals surface area contributed by atoms with Gasteiger partial charge in [0.25, 0.3) is 0 Å². The van der Waals surface area contributed by atoms with Crippen molar-refractivity contribution in [1.82, 2.24) is 0 Å². The normalized spacial score (nSPS) is 25.6. The van der Waals surface area contributed by atoms with Crippen LogP contribution in [0.25, 0.3) is 0 Å². The van der Waals surface area contributed by atoms with Gasteiger partial charge in [-0.15, -0.1) is 0 Å². The van der Waals surface area contributed by atoms with Crippen LogP contribution in [-0.4, -0.2) is 22.3 Å². The van der Waals surface area contributed by atoms with Crippen molar-refractivity contribution in [2.75, 3.05) is 0 Å². The second-order valence-electron chi connectivity index (χ2n) is 3.34. The van der Waals surface area contributed by atoms with Crippen LogP contribution in [0.2, 0.25) is 0 Å². The highest BCUT2D eigenvalue weighted by Gasteiger charge is 2.36. The van der Waals surface area contributed by atoms with Gasteiger partial charge in [0.15, 0.2) is 0 Å². The summed E-state index contributed by atoms with van der Waals surface area (Å²) in [5.41, 5.74) is 1.21. The van der Waals surface area contributed by atoms with Crippen LogP contribution in [0.3, 0.4) is 0 Å². The van der Waals surface area contributed by atoms with Crippen LogP contribution in [-0.2, 0) is 0 Å². The molecule has 0 amide bonds. The highest BCUT2D eigenvalue weighted by molar-refractivity contribution is 5.87. The fourth-order valence-corrected chi connectivity index (χ4v) is 1.44. The Kier molecular flexibility index (Phi) is 1.81. The van der Waals surface area contributed by atoms with E-state index in [0.717, 1.165) is 12.0 Å². The molecule has 1 fully saturated rings. The van der Waals surface area contributed by atoms with Gasteiger partial charge >= 0.3 is 5.97 Å². The Hall–Kier alpha value is -1.35. The summed E-state index contributed by atoms with van der Waals surface area (Å²) in [4.78, 5) is 10.6.